The lowest BCUT2D eigenvalue weighted by molar-refractivity contribution is -0.140. The molecular formula is C22H21FNO7PS. The van der Waals surface area contributed by atoms with Crippen molar-refractivity contribution in [2.24, 2.45) is 0 Å². The summed E-state index contributed by atoms with van der Waals surface area (Å²) in [6.45, 7) is 3.57. The summed E-state index contributed by atoms with van der Waals surface area (Å²) in [5.74, 6) is -4.13. The normalized spacial score (nSPS) is 13.6. The number of nitrogens with one attached hydrogen (secondary N) is 1. The van der Waals surface area contributed by atoms with Crippen LogP contribution in [0.5, 0.6) is 5.75 Å². The maximum absolute atomic E-state index is 15.7. The topological polar surface area (TPSA) is 111 Å². The van der Waals surface area contributed by atoms with Crippen molar-refractivity contribution in [3.63, 3.8) is 0 Å². The van der Waals surface area contributed by atoms with E-state index in [4.69, 9.17) is 14.0 Å². The van der Waals surface area contributed by atoms with Gasteiger partial charge in [0.25, 0.3) is 0 Å². The molecule has 3 aromatic rings. The van der Waals surface area contributed by atoms with Crippen molar-refractivity contribution in [2.75, 3.05) is 20.3 Å². The van der Waals surface area contributed by atoms with Gasteiger partial charge in [0.15, 0.2) is 0 Å². The molecule has 0 fully saturated rings. The number of alkyl halides is 1. The number of methoxy groups -OCH3 is 1. The predicted octanol–water partition coefficient (Wildman–Crippen LogP) is 5.13. The molecule has 1 aromatic heterocycles. The number of fused-ring (bicyclic) bond motifs is 1. The minimum atomic E-state index is -4.45. The number of hydrogen-bond acceptors (Lipinski definition) is 7. The van der Waals surface area contributed by atoms with Gasteiger partial charge in [-0.3, -0.25) is 9.65 Å². The third-order valence-corrected chi connectivity index (χ3v) is 7.43. The molecule has 2 N–H and O–H groups in total. The van der Waals surface area contributed by atoms with Crippen molar-refractivity contribution in [3.8, 4) is 5.75 Å². The van der Waals surface area contributed by atoms with Crippen LogP contribution in [0.25, 0.3) is 10.1 Å². The lowest BCUT2D eigenvalue weighted by atomic mass is 10.2. The number of carboxylic acids is 1. The van der Waals surface area contributed by atoms with Gasteiger partial charge in [-0.05, 0) is 41.3 Å². The van der Waals surface area contributed by atoms with E-state index in [2.05, 4.69) is 11.7 Å². The average Bonchev–Trinajstić information content (AvgIpc) is 3.23. The second kappa shape index (κ2) is 10.6. The van der Waals surface area contributed by atoms with E-state index in [0.717, 1.165) is 11.3 Å². The first-order valence-corrected chi connectivity index (χ1v) is 12.1. The molecule has 0 radical (unpaired) electrons. The number of halogens is 1. The van der Waals surface area contributed by atoms with Gasteiger partial charge in [-0.15, -0.1) is 11.3 Å². The Morgan fingerprint density at radius 3 is 2.58 bits per heavy atom. The van der Waals surface area contributed by atoms with Crippen LogP contribution in [0.4, 0.5) is 4.39 Å². The lowest BCUT2D eigenvalue weighted by Crippen LogP contribution is -2.24. The smallest absolute Gasteiger partial charge is 0.379 e. The van der Waals surface area contributed by atoms with E-state index in [1.54, 1.807) is 18.2 Å². The third-order valence-electron chi connectivity index (χ3n) is 4.37. The Morgan fingerprint density at radius 1 is 1.18 bits per heavy atom. The van der Waals surface area contributed by atoms with Crippen LogP contribution >= 0.6 is 18.9 Å². The van der Waals surface area contributed by atoms with Crippen molar-refractivity contribution in [2.45, 2.75) is 5.91 Å². The average molecular weight is 493 g/mol. The van der Waals surface area contributed by atoms with Gasteiger partial charge in [0, 0.05) is 11.8 Å². The molecule has 2 aromatic carbocycles. The van der Waals surface area contributed by atoms with E-state index in [-0.39, 0.29) is 29.4 Å². The Hall–Kier alpha value is -3.20. The zero-order valence-corrected chi connectivity index (χ0v) is 19.2. The Balaban J connectivity index is 1.91. The van der Waals surface area contributed by atoms with Crippen LogP contribution in [0.2, 0.25) is 0 Å². The maximum atomic E-state index is 15.7. The van der Waals surface area contributed by atoms with E-state index in [1.165, 1.54) is 43.5 Å². The number of para-hydroxylation sites is 1. The van der Waals surface area contributed by atoms with Crippen LogP contribution in [-0.2, 0) is 18.8 Å². The number of ether oxygens (including phenoxy) is 2. The van der Waals surface area contributed by atoms with Crippen LogP contribution in [0.15, 0.2) is 66.9 Å². The molecule has 174 valence electrons. The number of esters is 1. The van der Waals surface area contributed by atoms with Gasteiger partial charge in [0.1, 0.15) is 22.9 Å². The molecule has 0 aliphatic carbocycles. The first-order chi connectivity index (χ1) is 15.7. The largest absolute Gasteiger partial charge is 0.477 e. The molecule has 2 atom stereocenters. The minimum absolute atomic E-state index is 0.0236. The molecule has 0 aliphatic heterocycles. The molecule has 0 amide bonds. The fourth-order valence-electron chi connectivity index (χ4n) is 2.81. The van der Waals surface area contributed by atoms with Gasteiger partial charge in [-0.2, -0.15) is 0 Å². The maximum Gasteiger partial charge on any atom is 0.379 e. The summed E-state index contributed by atoms with van der Waals surface area (Å²) in [7, 11) is -3.02. The number of rotatable bonds is 11. The molecule has 0 bridgehead atoms. The van der Waals surface area contributed by atoms with Gasteiger partial charge in [-0.1, -0.05) is 30.8 Å². The summed E-state index contributed by atoms with van der Waals surface area (Å²) in [4.78, 5) is 23.5. The Kier molecular flexibility index (Phi) is 7.86. The standard InChI is InChI=1S/C22H21FNO7PS/c1-14(22(27)30-11-10-29-2)24-32(28,31-17-6-4-3-5-7-17)20(23)15-8-9-18-16(12-15)13-19(33-18)21(25)26/h3-9,12-13,20H,1,10-11H2,2H3,(H,24,28)(H,25,26)/t20-,32?/m1/s1. The van der Waals surface area contributed by atoms with Crippen molar-refractivity contribution in [1.82, 2.24) is 5.09 Å². The summed E-state index contributed by atoms with van der Waals surface area (Å²) in [5.41, 5.74) is -0.470. The monoisotopic (exact) mass is 493 g/mol. The fraction of sp³-hybridized carbons (Fsp3) is 0.182. The number of aromatic carboxylic acids is 1. The van der Waals surface area contributed by atoms with Gasteiger partial charge < -0.3 is 19.1 Å². The van der Waals surface area contributed by atoms with Gasteiger partial charge >= 0.3 is 19.5 Å². The Morgan fingerprint density at radius 2 is 1.91 bits per heavy atom. The summed E-state index contributed by atoms with van der Waals surface area (Å²) < 4.78 is 45.3. The van der Waals surface area contributed by atoms with E-state index in [9.17, 15) is 19.3 Å². The number of benzene rings is 2. The molecule has 3 rings (SSSR count). The summed E-state index contributed by atoms with van der Waals surface area (Å²) in [6.07, 6.45) is 0. The highest BCUT2D eigenvalue weighted by Gasteiger charge is 2.40. The van der Waals surface area contributed by atoms with Crippen molar-refractivity contribution >= 4 is 40.9 Å². The molecule has 0 aliphatic rings. The molecule has 11 heteroatoms. The number of hydrogen-bond donors (Lipinski definition) is 2. The van der Waals surface area contributed by atoms with Crippen LogP contribution in [0.1, 0.15) is 21.1 Å². The second-order valence-corrected chi connectivity index (χ2v) is 9.91. The molecule has 8 nitrogen and oxygen atoms in total. The lowest BCUT2D eigenvalue weighted by Gasteiger charge is -2.25. The molecule has 0 spiro atoms. The number of carbonyl (C=O) groups is 2. The second-order valence-electron chi connectivity index (χ2n) is 6.77. The first kappa shape index (κ1) is 24.4. The fourth-order valence-corrected chi connectivity index (χ4v) is 5.40. The van der Waals surface area contributed by atoms with Crippen molar-refractivity contribution in [3.05, 3.63) is 77.3 Å². The van der Waals surface area contributed by atoms with Gasteiger partial charge in [-0.25, -0.2) is 14.0 Å². The van der Waals surface area contributed by atoms with Crippen LogP contribution in [0.3, 0.4) is 0 Å². The molecular weight excluding hydrogens is 472 g/mol. The highest BCUT2D eigenvalue weighted by molar-refractivity contribution is 7.57. The van der Waals surface area contributed by atoms with E-state index < -0.39 is 31.1 Å². The first-order valence-electron chi connectivity index (χ1n) is 9.62. The zero-order valence-electron chi connectivity index (χ0n) is 17.5. The Bertz CT molecular complexity index is 1210. The summed E-state index contributed by atoms with van der Waals surface area (Å²) in [5, 5.41) is 12.0. The number of carboxylic acid groups (broad SMARTS) is 1. The highest BCUT2D eigenvalue weighted by atomic mass is 32.1. The highest BCUT2D eigenvalue weighted by Crippen LogP contribution is 2.58. The van der Waals surface area contributed by atoms with Crippen LogP contribution in [0, 0.1) is 0 Å². The third kappa shape index (κ3) is 5.98. The predicted molar refractivity (Wildman–Crippen MR) is 122 cm³/mol. The zero-order chi connectivity index (χ0) is 24.0. The summed E-state index contributed by atoms with van der Waals surface area (Å²) >= 11 is 1.04. The number of thiophene rings is 1. The van der Waals surface area contributed by atoms with E-state index >= 15 is 4.39 Å². The SMILES string of the molecule is C=C(NP(=O)(Oc1ccccc1)[C@@H](F)c1ccc2sc(C(=O)O)cc2c1)C(=O)OCCOC. The number of carbonyl (C=O) groups excluding carboxylic acids is 1. The quantitative estimate of drug-likeness (QED) is 0.164. The van der Waals surface area contributed by atoms with Crippen molar-refractivity contribution < 1.29 is 37.6 Å². The molecule has 0 saturated carbocycles. The summed E-state index contributed by atoms with van der Waals surface area (Å²) in [6, 6.07) is 13.6. The van der Waals surface area contributed by atoms with Crippen molar-refractivity contribution in [1.29, 1.82) is 0 Å². The molecule has 0 saturated heterocycles. The van der Waals surface area contributed by atoms with Gasteiger partial charge in [0.2, 0.25) is 5.91 Å². The van der Waals surface area contributed by atoms with Crippen LogP contribution < -0.4 is 9.61 Å². The van der Waals surface area contributed by atoms with E-state index in [1.807, 2.05) is 0 Å². The Labute approximate surface area is 193 Å². The van der Waals surface area contributed by atoms with Gasteiger partial charge in [0.05, 0.1) is 6.61 Å². The molecule has 1 unspecified atom stereocenters. The molecule has 33 heavy (non-hydrogen) atoms. The van der Waals surface area contributed by atoms with Crippen LogP contribution in [-0.4, -0.2) is 37.4 Å². The van der Waals surface area contributed by atoms with E-state index in [0.29, 0.717) is 10.1 Å². The molecule has 1 heterocycles. The minimum Gasteiger partial charge on any atom is -0.477 e.